The van der Waals surface area contributed by atoms with Crippen LogP contribution in [0.3, 0.4) is 0 Å². The first-order valence-corrected chi connectivity index (χ1v) is 12.3. The molecule has 0 unspecified atom stereocenters. The van der Waals surface area contributed by atoms with Crippen LogP contribution in [0.2, 0.25) is 0 Å². The van der Waals surface area contributed by atoms with E-state index >= 15 is 0 Å². The number of aliphatic carboxylic acids is 1. The number of carboxylic acids is 1. The van der Waals surface area contributed by atoms with Crippen molar-refractivity contribution in [2.75, 3.05) is 7.11 Å². The van der Waals surface area contributed by atoms with Crippen LogP contribution in [-0.2, 0) is 25.5 Å². The van der Waals surface area contributed by atoms with Crippen LogP contribution in [0.25, 0.3) is 11.1 Å². The number of ether oxygens (including phenoxy) is 2. The van der Waals surface area contributed by atoms with E-state index in [-0.39, 0.29) is 18.4 Å². The van der Waals surface area contributed by atoms with Crippen LogP contribution in [0.5, 0.6) is 0 Å². The van der Waals surface area contributed by atoms with Crippen LogP contribution in [0.4, 0.5) is 0 Å². The van der Waals surface area contributed by atoms with Gasteiger partial charge < -0.3 is 14.6 Å². The quantitative estimate of drug-likeness (QED) is 0.357. The monoisotopic (exact) mass is 482 g/mol. The second-order valence-electron chi connectivity index (χ2n) is 9.95. The van der Waals surface area contributed by atoms with Gasteiger partial charge in [-0.1, -0.05) is 56.2 Å². The average molecular weight is 483 g/mol. The van der Waals surface area contributed by atoms with Gasteiger partial charge in [-0.15, -0.1) is 0 Å². The molecule has 0 aliphatic carbocycles. The lowest BCUT2D eigenvalue weighted by molar-refractivity contribution is -0.161. The summed E-state index contributed by atoms with van der Waals surface area (Å²) in [6, 6.07) is 15.2. The fourth-order valence-corrected chi connectivity index (χ4v) is 3.97. The molecule has 2 atom stereocenters. The Morgan fingerprint density at radius 2 is 1.46 bits per heavy atom. The van der Waals surface area contributed by atoms with E-state index in [4.69, 9.17) is 9.47 Å². The lowest BCUT2D eigenvalue weighted by atomic mass is 9.86. The summed E-state index contributed by atoms with van der Waals surface area (Å²) in [6.07, 6.45) is 3.78. The Bertz CT molecular complexity index is 970. The van der Waals surface area contributed by atoms with E-state index < -0.39 is 23.4 Å². The van der Waals surface area contributed by atoms with Gasteiger partial charge in [0.05, 0.1) is 24.5 Å². The topological polar surface area (TPSA) is 89.9 Å². The van der Waals surface area contributed by atoms with Crippen LogP contribution in [0, 0.1) is 11.8 Å². The molecule has 0 amide bonds. The minimum Gasteiger partial charge on any atom is -0.481 e. The smallest absolute Gasteiger partial charge is 0.337 e. The van der Waals surface area contributed by atoms with E-state index in [1.807, 2.05) is 57.2 Å². The third-order valence-electron chi connectivity index (χ3n) is 5.94. The molecule has 2 aromatic carbocycles. The number of unbranched alkanes of at least 4 members (excludes halogenated alkanes) is 1. The van der Waals surface area contributed by atoms with E-state index in [0.717, 1.165) is 29.5 Å². The molecule has 35 heavy (non-hydrogen) atoms. The Morgan fingerprint density at radius 3 is 1.94 bits per heavy atom. The van der Waals surface area contributed by atoms with Gasteiger partial charge in [-0.3, -0.25) is 9.59 Å². The molecular weight excluding hydrogens is 444 g/mol. The molecule has 1 N–H and O–H groups in total. The number of carboxylic acid groups (broad SMARTS) is 1. The van der Waals surface area contributed by atoms with Gasteiger partial charge in [0.1, 0.15) is 5.60 Å². The summed E-state index contributed by atoms with van der Waals surface area (Å²) in [7, 11) is 1.35. The Labute approximate surface area is 208 Å². The van der Waals surface area contributed by atoms with E-state index in [1.165, 1.54) is 7.11 Å². The number of rotatable bonds is 12. The van der Waals surface area contributed by atoms with Crippen molar-refractivity contribution in [2.24, 2.45) is 11.8 Å². The number of carbonyl (C=O) groups excluding carboxylic acids is 2. The van der Waals surface area contributed by atoms with Gasteiger partial charge in [0.2, 0.25) is 0 Å². The van der Waals surface area contributed by atoms with Crippen molar-refractivity contribution >= 4 is 17.9 Å². The van der Waals surface area contributed by atoms with Gasteiger partial charge in [-0.25, -0.2) is 4.79 Å². The Hall–Kier alpha value is -3.15. The van der Waals surface area contributed by atoms with Crippen LogP contribution < -0.4 is 0 Å². The van der Waals surface area contributed by atoms with Crippen molar-refractivity contribution in [3.63, 3.8) is 0 Å². The molecule has 0 radical (unpaired) electrons. The number of carbonyl (C=O) groups is 3. The van der Waals surface area contributed by atoms with Gasteiger partial charge in [-0.05, 0) is 75.3 Å². The standard InChI is InChI=1S/C29H38O6/c1-6-7-8-25(28(33)35-29(2,3)4)19-24(26(30)31)14-11-20-9-12-21(13-10-20)22-15-17-23(18-16-22)27(32)34-5/h9-10,12-13,15-18,24-25H,6-8,11,14,19H2,1-5H3,(H,30,31)/t24-,25-/m0/s1. The van der Waals surface area contributed by atoms with Crippen molar-refractivity contribution in [3.8, 4) is 11.1 Å². The molecule has 2 aromatic rings. The first-order chi connectivity index (χ1) is 16.5. The van der Waals surface area contributed by atoms with Gasteiger partial charge in [0.15, 0.2) is 0 Å². The largest absolute Gasteiger partial charge is 0.481 e. The van der Waals surface area contributed by atoms with Crippen molar-refractivity contribution in [1.82, 2.24) is 0 Å². The predicted molar refractivity (Wildman–Crippen MR) is 136 cm³/mol. The highest BCUT2D eigenvalue weighted by atomic mass is 16.6. The van der Waals surface area contributed by atoms with Crippen LogP contribution in [-0.4, -0.2) is 35.7 Å². The van der Waals surface area contributed by atoms with Gasteiger partial charge in [0.25, 0.3) is 0 Å². The molecule has 2 rings (SSSR count). The Balaban J connectivity index is 2.03. The van der Waals surface area contributed by atoms with Crippen LogP contribution in [0.15, 0.2) is 48.5 Å². The Morgan fingerprint density at radius 1 is 0.886 bits per heavy atom. The fraction of sp³-hybridized carbons (Fsp3) is 0.483. The number of methoxy groups -OCH3 is 1. The Kier molecular flexibility index (Phi) is 10.5. The molecule has 0 aliphatic heterocycles. The zero-order valence-electron chi connectivity index (χ0n) is 21.5. The number of benzene rings is 2. The van der Waals surface area contributed by atoms with Crippen molar-refractivity contribution in [2.45, 2.75) is 71.8 Å². The highest BCUT2D eigenvalue weighted by Crippen LogP contribution is 2.27. The summed E-state index contributed by atoms with van der Waals surface area (Å²) in [5, 5.41) is 9.83. The lowest BCUT2D eigenvalue weighted by Crippen LogP contribution is -2.31. The van der Waals surface area contributed by atoms with E-state index in [9.17, 15) is 19.5 Å². The van der Waals surface area contributed by atoms with E-state index in [2.05, 4.69) is 6.92 Å². The van der Waals surface area contributed by atoms with E-state index in [1.54, 1.807) is 12.1 Å². The first-order valence-electron chi connectivity index (χ1n) is 12.3. The summed E-state index contributed by atoms with van der Waals surface area (Å²) in [5.74, 6) is -2.58. The van der Waals surface area contributed by atoms with Gasteiger partial charge in [0, 0.05) is 0 Å². The molecule has 190 valence electrons. The summed E-state index contributed by atoms with van der Waals surface area (Å²) in [5.41, 5.74) is 2.92. The third-order valence-corrected chi connectivity index (χ3v) is 5.94. The highest BCUT2D eigenvalue weighted by molar-refractivity contribution is 5.90. The normalized spacial score (nSPS) is 13.1. The minimum absolute atomic E-state index is 0.287. The lowest BCUT2D eigenvalue weighted by Gasteiger charge is -2.25. The number of hydrogen-bond acceptors (Lipinski definition) is 5. The summed E-state index contributed by atoms with van der Waals surface area (Å²) in [4.78, 5) is 36.3. The summed E-state index contributed by atoms with van der Waals surface area (Å²) >= 11 is 0. The predicted octanol–water partition coefficient (Wildman–Crippen LogP) is 6.31. The zero-order chi connectivity index (χ0) is 26.0. The number of aryl methyl sites for hydroxylation is 1. The van der Waals surface area contributed by atoms with Crippen LogP contribution in [0.1, 0.15) is 75.7 Å². The molecule has 0 aliphatic rings. The number of hydrogen-bond donors (Lipinski definition) is 1. The van der Waals surface area contributed by atoms with E-state index in [0.29, 0.717) is 24.8 Å². The van der Waals surface area contributed by atoms with Gasteiger partial charge in [-0.2, -0.15) is 0 Å². The third kappa shape index (κ3) is 9.19. The molecule has 0 fully saturated rings. The maximum atomic E-state index is 12.7. The molecule has 0 heterocycles. The maximum absolute atomic E-state index is 12.7. The summed E-state index contributed by atoms with van der Waals surface area (Å²) < 4.78 is 10.3. The van der Waals surface area contributed by atoms with Gasteiger partial charge >= 0.3 is 17.9 Å². The van der Waals surface area contributed by atoms with Crippen molar-refractivity contribution in [3.05, 3.63) is 59.7 Å². The molecule has 0 saturated carbocycles. The molecule has 6 heteroatoms. The van der Waals surface area contributed by atoms with Crippen molar-refractivity contribution < 1.29 is 29.0 Å². The second kappa shape index (κ2) is 13.1. The first kappa shape index (κ1) is 28.1. The summed E-state index contributed by atoms with van der Waals surface area (Å²) in [6.45, 7) is 7.53. The zero-order valence-corrected chi connectivity index (χ0v) is 21.5. The molecular formula is C29H38O6. The van der Waals surface area contributed by atoms with Crippen molar-refractivity contribution in [1.29, 1.82) is 0 Å². The molecule has 6 nitrogen and oxygen atoms in total. The SMILES string of the molecule is CCCC[C@@H](C[C@H](CCc1ccc(-c2ccc(C(=O)OC)cc2)cc1)C(=O)O)C(=O)OC(C)(C)C. The highest BCUT2D eigenvalue weighted by Gasteiger charge is 2.30. The maximum Gasteiger partial charge on any atom is 0.337 e. The van der Waals surface area contributed by atoms with Crippen LogP contribution >= 0.6 is 0 Å². The fourth-order valence-electron chi connectivity index (χ4n) is 3.97. The number of esters is 2. The molecule has 0 spiro atoms. The molecule has 0 bridgehead atoms. The minimum atomic E-state index is -0.877. The average Bonchev–Trinajstić information content (AvgIpc) is 2.82. The second-order valence-corrected chi connectivity index (χ2v) is 9.95. The molecule has 0 aromatic heterocycles. The molecule has 0 saturated heterocycles.